The molecule has 0 aliphatic heterocycles. The van der Waals surface area contributed by atoms with Gasteiger partial charge in [0.15, 0.2) is 0 Å². The highest BCUT2D eigenvalue weighted by Gasteiger charge is 2.01. The number of hydrogen-bond acceptors (Lipinski definition) is 3. The first kappa shape index (κ1) is 11.3. The molecule has 2 nitrogen and oxygen atoms in total. The van der Waals surface area contributed by atoms with E-state index in [0.717, 1.165) is 6.54 Å². The van der Waals surface area contributed by atoms with E-state index in [4.69, 9.17) is 5.11 Å². The molecule has 3 heteroatoms. The van der Waals surface area contributed by atoms with E-state index >= 15 is 0 Å². The number of aliphatic hydroxyl groups is 1. The number of thiophene rings is 1. The Morgan fingerprint density at radius 3 is 2.62 bits per heavy atom. The molecule has 0 unspecified atom stereocenters. The molecule has 0 atom stereocenters. The number of nitrogens with one attached hydrogen (secondary N) is 1. The molecular weight excluding hydrogens is 218 g/mol. The Morgan fingerprint density at radius 1 is 1.06 bits per heavy atom. The molecule has 2 aromatic rings. The van der Waals surface area contributed by atoms with Crippen LogP contribution in [0.15, 0.2) is 42.5 Å². The summed E-state index contributed by atoms with van der Waals surface area (Å²) >= 11 is 1.79. The van der Waals surface area contributed by atoms with Gasteiger partial charge in [0, 0.05) is 22.8 Å². The van der Waals surface area contributed by atoms with Crippen molar-refractivity contribution in [2.24, 2.45) is 0 Å². The van der Waals surface area contributed by atoms with E-state index in [2.05, 4.69) is 41.7 Å². The summed E-state index contributed by atoms with van der Waals surface area (Å²) in [5.74, 6) is 0. The quantitative estimate of drug-likeness (QED) is 0.778. The smallest absolute Gasteiger partial charge is 0.0556 e. The molecule has 16 heavy (non-hydrogen) atoms. The van der Waals surface area contributed by atoms with Crippen molar-refractivity contribution in [2.75, 3.05) is 13.2 Å². The van der Waals surface area contributed by atoms with E-state index < -0.39 is 0 Å². The van der Waals surface area contributed by atoms with Crippen molar-refractivity contribution in [2.45, 2.75) is 6.54 Å². The monoisotopic (exact) mass is 233 g/mol. The summed E-state index contributed by atoms with van der Waals surface area (Å²) in [5.41, 5.74) is 1.26. The summed E-state index contributed by atoms with van der Waals surface area (Å²) in [6.45, 7) is 1.67. The largest absolute Gasteiger partial charge is 0.395 e. The third-order valence-electron chi connectivity index (χ3n) is 2.31. The second kappa shape index (κ2) is 5.80. The number of rotatable bonds is 5. The fraction of sp³-hybridized carbons (Fsp3) is 0.231. The molecule has 0 amide bonds. The lowest BCUT2D eigenvalue weighted by atomic mass is 10.2. The van der Waals surface area contributed by atoms with Crippen LogP contribution < -0.4 is 5.32 Å². The first-order valence-corrected chi connectivity index (χ1v) is 6.17. The van der Waals surface area contributed by atoms with Crippen LogP contribution in [-0.2, 0) is 6.54 Å². The van der Waals surface area contributed by atoms with Gasteiger partial charge in [0.1, 0.15) is 0 Å². The molecule has 0 radical (unpaired) electrons. The maximum atomic E-state index is 8.67. The van der Waals surface area contributed by atoms with Gasteiger partial charge in [-0.3, -0.25) is 0 Å². The molecule has 1 aromatic heterocycles. The van der Waals surface area contributed by atoms with Crippen molar-refractivity contribution in [1.82, 2.24) is 5.32 Å². The van der Waals surface area contributed by atoms with Crippen LogP contribution in [0.5, 0.6) is 0 Å². The Balaban J connectivity index is 2.02. The standard InChI is InChI=1S/C13H15NOS/c15-9-8-14-10-12-6-7-13(16-12)11-4-2-1-3-5-11/h1-7,14-15H,8-10H2. The zero-order chi connectivity index (χ0) is 11.2. The van der Waals surface area contributed by atoms with E-state index in [1.165, 1.54) is 15.3 Å². The van der Waals surface area contributed by atoms with Gasteiger partial charge in [-0.05, 0) is 17.7 Å². The normalized spacial score (nSPS) is 10.6. The molecular formula is C13H15NOS. The maximum absolute atomic E-state index is 8.67. The van der Waals surface area contributed by atoms with Crippen molar-refractivity contribution in [3.05, 3.63) is 47.3 Å². The van der Waals surface area contributed by atoms with Crippen molar-refractivity contribution in [1.29, 1.82) is 0 Å². The molecule has 0 aliphatic rings. The lowest BCUT2D eigenvalue weighted by Crippen LogP contribution is -2.16. The third kappa shape index (κ3) is 2.92. The second-order valence-corrected chi connectivity index (χ2v) is 4.70. The van der Waals surface area contributed by atoms with E-state index in [1.54, 1.807) is 11.3 Å². The number of hydrogen-bond donors (Lipinski definition) is 2. The summed E-state index contributed by atoms with van der Waals surface area (Å²) in [7, 11) is 0. The predicted octanol–water partition coefficient (Wildman–Crippen LogP) is 2.50. The molecule has 0 aliphatic carbocycles. The summed E-state index contributed by atoms with van der Waals surface area (Å²) in [5, 5.41) is 11.8. The minimum absolute atomic E-state index is 0.191. The van der Waals surface area contributed by atoms with Crippen LogP contribution in [0.25, 0.3) is 10.4 Å². The molecule has 1 heterocycles. The van der Waals surface area contributed by atoms with E-state index in [0.29, 0.717) is 6.54 Å². The third-order valence-corrected chi connectivity index (χ3v) is 3.44. The zero-order valence-electron chi connectivity index (χ0n) is 9.02. The lowest BCUT2D eigenvalue weighted by Gasteiger charge is -1.99. The predicted molar refractivity (Wildman–Crippen MR) is 68.5 cm³/mol. The molecule has 2 N–H and O–H groups in total. The Morgan fingerprint density at radius 2 is 1.88 bits per heavy atom. The first-order valence-electron chi connectivity index (χ1n) is 5.36. The van der Waals surface area contributed by atoms with Crippen LogP contribution in [0.3, 0.4) is 0 Å². The van der Waals surface area contributed by atoms with E-state index in [9.17, 15) is 0 Å². The average Bonchev–Trinajstić information content (AvgIpc) is 2.79. The van der Waals surface area contributed by atoms with Crippen molar-refractivity contribution < 1.29 is 5.11 Å². The van der Waals surface area contributed by atoms with Gasteiger partial charge in [0.05, 0.1) is 6.61 Å². The summed E-state index contributed by atoms with van der Waals surface area (Å²) in [6.07, 6.45) is 0. The molecule has 0 bridgehead atoms. The zero-order valence-corrected chi connectivity index (χ0v) is 9.83. The molecule has 0 spiro atoms. The number of benzene rings is 1. The minimum atomic E-state index is 0.191. The van der Waals surface area contributed by atoms with Gasteiger partial charge in [-0.2, -0.15) is 0 Å². The van der Waals surface area contributed by atoms with Crippen molar-refractivity contribution >= 4 is 11.3 Å². The highest BCUT2D eigenvalue weighted by Crippen LogP contribution is 2.27. The number of aliphatic hydroxyl groups excluding tert-OH is 1. The van der Waals surface area contributed by atoms with Crippen LogP contribution >= 0.6 is 11.3 Å². The van der Waals surface area contributed by atoms with Crippen LogP contribution in [0.4, 0.5) is 0 Å². The summed E-state index contributed by atoms with van der Waals surface area (Å²) < 4.78 is 0. The Hall–Kier alpha value is -1.16. The van der Waals surface area contributed by atoms with Crippen LogP contribution in [0, 0.1) is 0 Å². The van der Waals surface area contributed by atoms with Crippen LogP contribution in [0.2, 0.25) is 0 Å². The van der Waals surface area contributed by atoms with Crippen molar-refractivity contribution in [3.63, 3.8) is 0 Å². The minimum Gasteiger partial charge on any atom is -0.395 e. The first-order chi connectivity index (χ1) is 7.90. The molecule has 0 fully saturated rings. The van der Waals surface area contributed by atoms with Gasteiger partial charge in [-0.25, -0.2) is 0 Å². The van der Waals surface area contributed by atoms with Crippen molar-refractivity contribution in [3.8, 4) is 10.4 Å². The van der Waals surface area contributed by atoms with E-state index in [-0.39, 0.29) is 6.61 Å². The summed E-state index contributed by atoms with van der Waals surface area (Å²) in [4.78, 5) is 2.59. The fourth-order valence-corrected chi connectivity index (χ4v) is 2.50. The van der Waals surface area contributed by atoms with Crippen LogP contribution in [-0.4, -0.2) is 18.3 Å². The van der Waals surface area contributed by atoms with Gasteiger partial charge in [-0.1, -0.05) is 30.3 Å². The average molecular weight is 233 g/mol. The maximum Gasteiger partial charge on any atom is 0.0556 e. The van der Waals surface area contributed by atoms with Gasteiger partial charge >= 0.3 is 0 Å². The molecule has 2 rings (SSSR count). The van der Waals surface area contributed by atoms with Gasteiger partial charge < -0.3 is 10.4 Å². The molecule has 0 saturated carbocycles. The SMILES string of the molecule is OCCNCc1ccc(-c2ccccc2)s1. The summed E-state index contributed by atoms with van der Waals surface area (Å²) in [6, 6.07) is 14.7. The Bertz CT molecular complexity index is 425. The van der Waals surface area contributed by atoms with Gasteiger partial charge in [0.2, 0.25) is 0 Å². The molecule has 1 aromatic carbocycles. The highest BCUT2D eigenvalue weighted by molar-refractivity contribution is 7.15. The topological polar surface area (TPSA) is 32.3 Å². The fourth-order valence-electron chi connectivity index (χ4n) is 1.52. The Kier molecular flexibility index (Phi) is 4.10. The van der Waals surface area contributed by atoms with E-state index in [1.807, 2.05) is 6.07 Å². The van der Waals surface area contributed by atoms with Gasteiger partial charge in [-0.15, -0.1) is 11.3 Å². The Labute approximate surface area is 99.6 Å². The van der Waals surface area contributed by atoms with Gasteiger partial charge in [0.25, 0.3) is 0 Å². The highest BCUT2D eigenvalue weighted by atomic mass is 32.1. The molecule has 84 valence electrons. The molecule has 0 saturated heterocycles. The van der Waals surface area contributed by atoms with Crippen LogP contribution in [0.1, 0.15) is 4.88 Å². The lowest BCUT2D eigenvalue weighted by molar-refractivity contribution is 0.292. The second-order valence-electron chi connectivity index (χ2n) is 3.53.